The number of carbonyl (C=O) groups is 1. The predicted molar refractivity (Wildman–Crippen MR) is 188 cm³/mol. The van der Waals surface area contributed by atoms with Gasteiger partial charge in [-0.2, -0.15) is 0 Å². The van der Waals surface area contributed by atoms with Crippen molar-refractivity contribution in [2.75, 3.05) is 7.11 Å². The molecule has 8 nitrogen and oxygen atoms in total. The highest BCUT2D eigenvalue weighted by Gasteiger charge is 2.45. The van der Waals surface area contributed by atoms with Gasteiger partial charge in [0, 0.05) is 56.2 Å². The van der Waals surface area contributed by atoms with E-state index in [9.17, 15) is 9.90 Å². The Morgan fingerprint density at radius 3 is 2.23 bits per heavy atom. The molecule has 0 radical (unpaired) electrons. The minimum atomic E-state index is -0.976. The number of aromatic amines is 1. The Bertz CT molecular complexity index is 1810. The third kappa shape index (κ3) is 7.62. The average molecular weight is 653 g/mol. The van der Waals surface area contributed by atoms with Gasteiger partial charge in [-0.05, 0) is 61.6 Å². The zero-order chi connectivity index (χ0) is 33.8. The summed E-state index contributed by atoms with van der Waals surface area (Å²) in [4.78, 5) is 31.1. The lowest BCUT2D eigenvalue weighted by Crippen LogP contribution is -2.38. The summed E-state index contributed by atoms with van der Waals surface area (Å²) in [7, 11) is 1.60. The van der Waals surface area contributed by atoms with Crippen LogP contribution in [0.15, 0.2) is 78.1 Å². The van der Waals surface area contributed by atoms with Crippen molar-refractivity contribution in [1.82, 2.24) is 19.9 Å². The van der Waals surface area contributed by atoms with E-state index in [0.717, 1.165) is 55.3 Å². The first-order valence-corrected chi connectivity index (χ1v) is 16.9. The Morgan fingerprint density at radius 2 is 1.66 bits per heavy atom. The van der Waals surface area contributed by atoms with Gasteiger partial charge in [-0.1, -0.05) is 58.9 Å². The van der Waals surface area contributed by atoms with Gasteiger partial charge in [-0.25, -0.2) is 4.98 Å². The van der Waals surface area contributed by atoms with Gasteiger partial charge in [0.25, 0.3) is 0 Å². The molecule has 1 unspecified atom stereocenters. The van der Waals surface area contributed by atoms with E-state index in [1.54, 1.807) is 37.5 Å². The lowest BCUT2D eigenvalue weighted by atomic mass is 9.67. The summed E-state index contributed by atoms with van der Waals surface area (Å²) < 4.78 is 11.3. The van der Waals surface area contributed by atoms with E-state index in [1.165, 1.54) is 0 Å². The summed E-state index contributed by atoms with van der Waals surface area (Å²) in [6, 6.07) is 18.2. The average Bonchev–Trinajstić information content (AvgIpc) is 3.40. The molecule has 0 aliphatic heterocycles. The maximum atomic E-state index is 13.2. The Morgan fingerprint density at radius 1 is 0.936 bits per heavy atom. The number of nitrogens with one attached hydrogen (secondary N) is 1. The molecule has 0 aliphatic carbocycles. The molecule has 0 saturated heterocycles. The zero-order valence-electron chi connectivity index (χ0n) is 28.3. The van der Waals surface area contributed by atoms with Crippen molar-refractivity contribution in [2.24, 2.45) is 5.41 Å². The number of rotatable bonds is 13. The number of aryl methyl sites for hydroxylation is 1. The largest absolute Gasteiger partial charge is 0.487 e. The Hall–Kier alpha value is -4.37. The molecule has 246 valence electrons. The zero-order valence-corrected chi connectivity index (χ0v) is 29.1. The van der Waals surface area contributed by atoms with Crippen molar-refractivity contribution in [3.8, 4) is 22.8 Å². The normalized spacial score (nSPS) is 12.7. The maximum Gasteiger partial charge on any atom is 0.310 e. The fraction of sp³-hybridized carbons (Fsp3) is 0.368. The van der Waals surface area contributed by atoms with Crippen LogP contribution in [0.2, 0.25) is 0 Å². The van der Waals surface area contributed by atoms with E-state index in [2.05, 4.69) is 71.0 Å². The Labute approximate surface area is 281 Å². The third-order valence-corrected chi connectivity index (χ3v) is 10.0. The van der Waals surface area contributed by atoms with Gasteiger partial charge in [-0.3, -0.25) is 14.8 Å². The molecule has 0 spiro atoms. The van der Waals surface area contributed by atoms with Gasteiger partial charge in [0.15, 0.2) is 0 Å². The SMILES string of the molecule is CCC(CC)(C(=O)O)C(Cc1ccc(-c2ccc(OC)nc2)cc1)c1[nH]c2ccc(OCc3cnc(C)cn3)cc2c1SC(C)(C)C. The van der Waals surface area contributed by atoms with Crippen molar-refractivity contribution < 1.29 is 19.4 Å². The van der Waals surface area contributed by atoms with Crippen molar-refractivity contribution in [3.63, 3.8) is 0 Å². The summed E-state index contributed by atoms with van der Waals surface area (Å²) in [6.45, 7) is 12.7. The molecular weight excluding hydrogens is 609 g/mol. The van der Waals surface area contributed by atoms with Crippen molar-refractivity contribution in [2.45, 2.75) is 83.0 Å². The molecule has 0 fully saturated rings. The molecule has 9 heteroatoms. The van der Waals surface area contributed by atoms with Gasteiger partial charge in [-0.15, -0.1) is 11.8 Å². The molecule has 1 atom stereocenters. The maximum absolute atomic E-state index is 13.2. The van der Waals surface area contributed by atoms with E-state index in [1.807, 2.05) is 45.0 Å². The van der Waals surface area contributed by atoms with E-state index in [4.69, 9.17) is 9.47 Å². The number of pyridine rings is 1. The van der Waals surface area contributed by atoms with Gasteiger partial charge in [0.1, 0.15) is 12.4 Å². The van der Waals surface area contributed by atoms with Crippen molar-refractivity contribution in [3.05, 3.63) is 95.8 Å². The number of thioether (sulfide) groups is 1. The molecule has 47 heavy (non-hydrogen) atoms. The third-order valence-electron chi connectivity index (χ3n) is 8.75. The summed E-state index contributed by atoms with van der Waals surface area (Å²) in [6.07, 6.45) is 6.83. The van der Waals surface area contributed by atoms with Crippen LogP contribution in [0.5, 0.6) is 11.6 Å². The molecule has 0 saturated carbocycles. The van der Waals surface area contributed by atoms with Crippen LogP contribution >= 0.6 is 11.8 Å². The quantitative estimate of drug-likeness (QED) is 0.121. The second-order valence-corrected chi connectivity index (χ2v) is 14.8. The minimum Gasteiger partial charge on any atom is -0.487 e. The molecule has 2 aromatic carbocycles. The van der Waals surface area contributed by atoms with Crippen molar-refractivity contribution in [1.29, 1.82) is 0 Å². The number of hydrogen-bond donors (Lipinski definition) is 2. The first-order valence-electron chi connectivity index (χ1n) is 16.0. The molecule has 5 rings (SSSR count). The minimum absolute atomic E-state index is 0.124. The second kappa shape index (κ2) is 14.2. The van der Waals surface area contributed by atoms with Gasteiger partial charge in [0.05, 0.1) is 30.1 Å². The molecule has 3 aromatic heterocycles. The first kappa shape index (κ1) is 34.0. The molecule has 2 N–H and O–H groups in total. The number of nitrogens with zero attached hydrogens (tertiary/aromatic N) is 3. The van der Waals surface area contributed by atoms with Crippen LogP contribution < -0.4 is 9.47 Å². The van der Waals surface area contributed by atoms with Crippen molar-refractivity contribution >= 4 is 28.6 Å². The molecular formula is C38H44N4O4S. The summed E-state index contributed by atoms with van der Waals surface area (Å²) in [5.74, 6) is 0.200. The van der Waals surface area contributed by atoms with E-state index >= 15 is 0 Å². The Balaban J connectivity index is 1.56. The van der Waals surface area contributed by atoms with Crippen LogP contribution in [-0.4, -0.2) is 42.9 Å². The van der Waals surface area contributed by atoms with Crippen LogP contribution in [0.1, 0.15) is 76.0 Å². The number of ether oxygens (including phenoxy) is 2. The van der Waals surface area contributed by atoms with E-state index < -0.39 is 11.4 Å². The summed E-state index contributed by atoms with van der Waals surface area (Å²) in [5, 5.41) is 11.9. The standard InChI is InChI=1S/C38H44N4O4S/c1-8-38(9-2,36(43)44)31(18-25-10-12-26(13-11-25)27-14-17-33(45-7)41-21-27)34-35(47-37(4,5)6)30-19-29(15-16-32(30)42-34)46-23-28-22-39-24(3)20-40-28/h10-17,19-22,31,42H,8-9,18,23H2,1-7H3,(H,43,44). The predicted octanol–water partition coefficient (Wildman–Crippen LogP) is 9.02. The first-order chi connectivity index (χ1) is 22.5. The number of aromatic nitrogens is 4. The molecule has 0 bridgehead atoms. The number of benzene rings is 2. The molecule has 0 amide bonds. The summed E-state index contributed by atoms with van der Waals surface area (Å²) >= 11 is 1.76. The van der Waals surface area contributed by atoms with Gasteiger partial charge < -0.3 is 19.6 Å². The van der Waals surface area contributed by atoms with Crippen LogP contribution in [0, 0.1) is 12.3 Å². The monoisotopic (exact) mass is 652 g/mol. The highest BCUT2D eigenvalue weighted by molar-refractivity contribution is 8.00. The molecule has 0 aliphatic rings. The molecule has 3 heterocycles. The van der Waals surface area contributed by atoms with E-state index in [0.29, 0.717) is 31.7 Å². The number of H-pyrrole nitrogens is 1. The van der Waals surface area contributed by atoms with Crippen LogP contribution in [0.4, 0.5) is 0 Å². The fourth-order valence-electron chi connectivity index (χ4n) is 6.08. The number of hydrogen-bond acceptors (Lipinski definition) is 7. The number of aliphatic carboxylic acids is 1. The highest BCUT2D eigenvalue weighted by Crippen LogP contribution is 2.50. The van der Waals surface area contributed by atoms with Gasteiger partial charge in [0.2, 0.25) is 5.88 Å². The topological polar surface area (TPSA) is 110 Å². The number of carboxylic acids is 1. The smallest absolute Gasteiger partial charge is 0.310 e. The van der Waals surface area contributed by atoms with Crippen LogP contribution in [-0.2, 0) is 17.8 Å². The molecule has 5 aromatic rings. The van der Waals surface area contributed by atoms with Crippen LogP contribution in [0.25, 0.3) is 22.0 Å². The van der Waals surface area contributed by atoms with E-state index in [-0.39, 0.29) is 10.7 Å². The highest BCUT2D eigenvalue weighted by atomic mass is 32.2. The second-order valence-electron chi connectivity index (χ2n) is 12.9. The fourth-order valence-corrected chi connectivity index (χ4v) is 7.27. The number of methoxy groups -OCH3 is 1. The van der Waals surface area contributed by atoms with Gasteiger partial charge >= 0.3 is 5.97 Å². The lowest BCUT2D eigenvalue weighted by Gasteiger charge is -2.36. The summed E-state index contributed by atoms with van der Waals surface area (Å²) in [5.41, 5.74) is 5.63. The lowest BCUT2D eigenvalue weighted by molar-refractivity contribution is -0.151. The number of fused-ring (bicyclic) bond motifs is 1. The van der Waals surface area contributed by atoms with Crippen LogP contribution in [0.3, 0.4) is 0 Å². The number of carboxylic acid groups (broad SMARTS) is 1. The Kier molecular flexibility index (Phi) is 10.2.